The molecule has 1 aromatic carbocycles. The van der Waals surface area contributed by atoms with Crippen LogP contribution in [0.4, 0.5) is 0 Å². The zero-order valence-electron chi connectivity index (χ0n) is 12.4. The quantitative estimate of drug-likeness (QED) is 0.822. The highest BCUT2D eigenvalue weighted by atomic mass is 16.1. The van der Waals surface area contributed by atoms with Gasteiger partial charge in [-0.1, -0.05) is 12.5 Å². The second-order valence-corrected chi connectivity index (χ2v) is 5.78. The van der Waals surface area contributed by atoms with Crippen LogP contribution in [0.1, 0.15) is 30.7 Å². The maximum Gasteiger partial charge on any atom is 0.241 e. The first-order chi connectivity index (χ1) is 10.4. The van der Waals surface area contributed by atoms with Gasteiger partial charge in [0.15, 0.2) is 0 Å². The van der Waals surface area contributed by atoms with Crippen molar-refractivity contribution in [2.75, 3.05) is 0 Å². The fourth-order valence-corrected chi connectivity index (χ4v) is 3.04. The zero-order valence-corrected chi connectivity index (χ0v) is 12.4. The van der Waals surface area contributed by atoms with E-state index in [-0.39, 0.29) is 5.91 Å². The molecular weight excluding hydrogens is 280 g/mol. The van der Waals surface area contributed by atoms with Crippen LogP contribution in [0.25, 0.3) is 17.1 Å². The minimum absolute atomic E-state index is 0.314. The van der Waals surface area contributed by atoms with Gasteiger partial charge in [0.05, 0.1) is 11.0 Å². The van der Waals surface area contributed by atoms with Gasteiger partial charge in [0, 0.05) is 13.1 Å². The number of hydrogen-bond acceptors (Lipinski definition) is 3. The Morgan fingerprint density at radius 3 is 2.59 bits per heavy atom. The first kappa shape index (κ1) is 14.3. The van der Waals surface area contributed by atoms with Gasteiger partial charge in [-0.05, 0) is 36.6 Å². The lowest BCUT2D eigenvalue weighted by Crippen LogP contribution is -2.48. The molecule has 1 saturated carbocycles. The molecule has 2 amide bonds. The Balaban J connectivity index is 2.09. The maximum absolute atomic E-state index is 11.9. The molecule has 3 rings (SSSR count). The number of rotatable bonds is 4. The monoisotopic (exact) mass is 298 g/mol. The predicted octanol–water partition coefficient (Wildman–Crippen LogP) is 0.979. The Morgan fingerprint density at radius 1 is 1.32 bits per heavy atom. The van der Waals surface area contributed by atoms with Gasteiger partial charge in [0.25, 0.3) is 0 Å². The van der Waals surface area contributed by atoms with Gasteiger partial charge in [-0.15, -0.1) is 0 Å². The van der Waals surface area contributed by atoms with Gasteiger partial charge in [0.2, 0.25) is 11.8 Å². The van der Waals surface area contributed by atoms with Crippen molar-refractivity contribution in [2.24, 2.45) is 18.5 Å². The van der Waals surface area contributed by atoms with Crippen molar-refractivity contribution in [2.45, 2.75) is 24.7 Å². The summed E-state index contributed by atoms with van der Waals surface area (Å²) < 4.78 is 1.93. The minimum Gasteiger partial charge on any atom is -0.369 e. The largest absolute Gasteiger partial charge is 0.369 e. The molecule has 1 aromatic heterocycles. The van der Waals surface area contributed by atoms with Crippen LogP contribution in [-0.2, 0) is 22.1 Å². The fourth-order valence-electron chi connectivity index (χ4n) is 3.04. The van der Waals surface area contributed by atoms with Gasteiger partial charge < -0.3 is 16.0 Å². The van der Waals surface area contributed by atoms with E-state index in [9.17, 15) is 9.59 Å². The van der Waals surface area contributed by atoms with E-state index in [4.69, 9.17) is 11.5 Å². The number of aromatic nitrogens is 2. The topological polar surface area (TPSA) is 104 Å². The number of benzene rings is 1. The number of hydrogen-bond donors (Lipinski definition) is 2. The number of fused-ring (bicyclic) bond motifs is 1. The van der Waals surface area contributed by atoms with E-state index in [1.165, 1.54) is 6.08 Å². The van der Waals surface area contributed by atoms with E-state index in [0.29, 0.717) is 0 Å². The molecule has 0 bridgehead atoms. The van der Waals surface area contributed by atoms with Crippen LogP contribution in [0.5, 0.6) is 0 Å². The highest BCUT2D eigenvalue weighted by Gasteiger charge is 2.47. The summed E-state index contributed by atoms with van der Waals surface area (Å²) in [5.41, 5.74) is 12.6. The smallest absolute Gasteiger partial charge is 0.241 e. The molecule has 6 nitrogen and oxygen atoms in total. The zero-order chi connectivity index (χ0) is 15.9. The first-order valence-corrected chi connectivity index (χ1v) is 7.18. The summed E-state index contributed by atoms with van der Waals surface area (Å²) in [4.78, 5) is 27.3. The van der Waals surface area contributed by atoms with Gasteiger partial charge in [-0.2, -0.15) is 0 Å². The molecule has 4 N–H and O–H groups in total. The summed E-state index contributed by atoms with van der Waals surface area (Å²) in [7, 11) is 1.90. The van der Waals surface area contributed by atoms with Crippen LogP contribution in [0.15, 0.2) is 24.3 Å². The Labute approximate surface area is 127 Å². The Morgan fingerprint density at radius 2 is 2.05 bits per heavy atom. The van der Waals surface area contributed by atoms with Crippen molar-refractivity contribution < 1.29 is 9.59 Å². The van der Waals surface area contributed by atoms with E-state index < -0.39 is 11.3 Å². The average molecular weight is 298 g/mol. The third kappa shape index (κ3) is 2.07. The van der Waals surface area contributed by atoms with Crippen molar-refractivity contribution in [3.63, 3.8) is 0 Å². The molecule has 22 heavy (non-hydrogen) atoms. The van der Waals surface area contributed by atoms with Gasteiger partial charge in [-0.3, -0.25) is 9.59 Å². The van der Waals surface area contributed by atoms with Crippen molar-refractivity contribution in [3.8, 4) is 0 Å². The number of carbonyl (C=O) groups excluding carboxylic acids is 2. The van der Waals surface area contributed by atoms with Crippen molar-refractivity contribution in [3.05, 3.63) is 35.7 Å². The van der Waals surface area contributed by atoms with Gasteiger partial charge >= 0.3 is 0 Å². The number of nitrogens with two attached hydrogens (primary N) is 2. The summed E-state index contributed by atoms with van der Waals surface area (Å²) in [6.45, 7) is 0. The highest BCUT2D eigenvalue weighted by molar-refractivity contribution is 5.91. The average Bonchev–Trinajstić information content (AvgIpc) is 2.72. The molecule has 1 aliphatic carbocycles. The van der Waals surface area contributed by atoms with Gasteiger partial charge in [-0.25, -0.2) is 4.98 Å². The number of carbonyl (C=O) groups is 2. The molecule has 1 aliphatic rings. The van der Waals surface area contributed by atoms with E-state index in [2.05, 4.69) is 4.98 Å². The van der Waals surface area contributed by atoms with Crippen LogP contribution >= 0.6 is 0 Å². The summed E-state index contributed by atoms with van der Waals surface area (Å²) in [5, 5.41) is 0. The number of imidazole rings is 1. The molecule has 2 aromatic rings. The van der Waals surface area contributed by atoms with Crippen molar-refractivity contribution in [1.29, 1.82) is 0 Å². The van der Waals surface area contributed by atoms with E-state index in [1.54, 1.807) is 6.08 Å². The minimum atomic E-state index is -0.642. The second-order valence-electron chi connectivity index (χ2n) is 5.78. The van der Waals surface area contributed by atoms with E-state index >= 15 is 0 Å². The summed E-state index contributed by atoms with van der Waals surface area (Å²) in [5.74, 6) is -0.0905. The summed E-state index contributed by atoms with van der Waals surface area (Å²) in [6, 6.07) is 5.66. The Kier molecular flexibility index (Phi) is 3.24. The first-order valence-electron chi connectivity index (χ1n) is 7.18. The van der Waals surface area contributed by atoms with Crippen LogP contribution in [0, 0.1) is 0 Å². The van der Waals surface area contributed by atoms with Crippen LogP contribution in [0.3, 0.4) is 0 Å². The molecule has 1 fully saturated rings. The number of primary amides is 2. The molecule has 0 spiro atoms. The van der Waals surface area contributed by atoms with Crippen molar-refractivity contribution in [1.82, 2.24) is 9.55 Å². The molecule has 1 heterocycles. The molecule has 0 saturated heterocycles. The normalized spacial score (nSPS) is 16.8. The van der Waals surface area contributed by atoms with Gasteiger partial charge in [0.1, 0.15) is 11.2 Å². The lowest BCUT2D eigenvalue weighted by Gasteiger charge is -2.37. The fraction of sp³-hybridized carbons (Fsp3) is 0.312. The van der Waals surface area contributed by atoms with Crippen LogP contribution in [-0.4, -0.2) is 21.4 Å². The summed E-state index contributed by atoms with van der Waals surface area (Å²) >= 11 is 0. The second kappa shape index (κ2) is 4.98. The van der Waals surface area contributed by atoms with Crippen LogP contribution < -0.4 is 11.5 Å². The maximum atomic E-state index is 11.9. The molecule has 0 radical (unpaired) electrons. The third-order valence-electron chi connectivity index (χ3n) is 4.45. The lowest BCUT2D eigenvalue weighted by atomic mass is 9.67. The number of amides is 2. The molecule has 0 unspecified atom stereocenters. The Bertz CT molecular complexity index is 800. The molecule has 114 valence electrons. The number of aryl methyl sites for hydroxylation is 1. The highest BCUT2D eigenvalue weighted by Crippen LogP contribution is 2.43. The molecular formula is C16H18N4O2. The Hall–Kier alpha value is -2.63. The van der Waals surface area contributed by atoms with E-state index in [1.807, 2.05) is 29.8 Å². The number of nitrogens with zero attached hydrogens (tertiary/aromatic N) is 2. The molecule has 0 aliphatic heterocycles. The predicted molar refractivity (Wildman–Crippen MR) is 83.7 cm³/mol. The van der Waals surface area contributed by atoms with Crippen molar-refractivity contribution >= 4 is 28.9 Å². The molecule has 6 heteroatoms. The SMILES string of the molecule is Cn1c(C2(C(N)=O)CCC2)nc2cc(C=CC(N)=O)ccc21. The standard InChI is InChI=1S/C16H18N4O2/c1-20-12-5-3-10(4-6-13(17)21)9-11(12)19-15(20)16(14(18)22)7-2-8-16/h3-6,9H,2,7-8H2,1H3,(H2,17,21)(H2,18,22). The van der Waals surface area contributed by atoms with Crippen LogP contribution in [0.2, 0.25) is 0 Å². The lowest BCUT2D eigenvalue weighted by molar-refractivity contribution is -0.127. The third-order valence-corrected chi connectivity index (χ3v) is 4.45. The summed E-state index contributed by atoms with van der Waals surface area (Å²) in [6.07, 6.45) is 5.42. The molecule has 0 atom stereocenters. The van der Waals surface area contributed by atoms with E-state index in [0.717, 1.165) is 41.7 Å².